The Morgan fingerprint density at radius 3 is 2.72 bits per heavy atom. The van der Waals surface area contributed by atoms with E-state index in [1.165, 1.54) is 11.3 Å². The first-order chi connectivity index (χ1) is 8.47. The number of hydrogen-bond donors (Lipinski definition) is 3. The molecule has 1 amide bonds. The summed E-state index contributed by atoms with van der Waals surface area (Å²) < 4.78 is 0.844. The zero-order valence-electron chi connectivity index (χ0n) is 9.28. The molecule has 18 heavy (non-hydrogen) atoms. The van der Waals surface area contributed by atoms with Gasteiger partial charge in [0, 0.05) is 5.69 Å². The van der Waals surface area contributed by atoms with Crippen LogP contribution in [-0.2, 0) is 0 Å². The number of halogens is 1. The minimum atomic E-state index is -1.11. The molecule has 0 aromatic carbocycles. The highest BCUT2D eigenvalue weighted by Gasteiger charge is 2.16. The highest BCUT2D eigenvalue weighted by molar-refractivity contribution is 9.11. The van der Waals surface area contributed by atoms with Crippen molar-refractivity contribution in [1.82, 2.24) is 4.98 Å². The molecule has 0 saturated carbocycles. The number of H-pyrrole nitrogens is 1. The van der Waals surface area contributed by atoms with E-state index in [-0.39, 0.29) is 17.3 Å². The predicted molar refractivity (Wildman–Crippen MR) is 72.5 cm³/mol. The summed E-state index contributed by atoms with van der Waals surface area (Å²) in [5, 5.41) is 11.6. The van der Waals surface area contributed by atoms with Crippen molar-refractivity contribution in [3.8, 4) is 0 Å². The molecule has 0 aliphatic carbocycles. The first kappa shape index (κ1) is 12.8. The topological polar surface area (TPSA) is 82.2 Å². The number of aromatic nitrogens is 1. The van der Waals surface area contributed by atoms with Crippen molar-refractivity contribution in [1.29, 1.82) is 0 Å². The van der Waals surface area contributed by atoms with E-state index in [1.807, 2.05) is 0 Å². The fraction of sp³-hybridized carbons (Fsp3) is 0.0909. The molecule has 0 bridgehead atoms. The lowest BCUT2D eigenvalue weighted by atomic mass is 10.3. The molecule has 0 aliphatic heterocycles. The van der Waals surface area contributed by atoms with Gasteiger partial charge in [0.05, 0.1) is 14.4 Å². The number of aryl methyl sites for hydroxylation is 1. The molecule has 0 unspecified atom stereocenters. The van der Waals surface area contributed by atoms with E-state index in [0.29, 0.717) is 10.6 Å². The molecule has 7 heteroatoms. The lowest BCUT2D eigenvalue weighted by Gasteiger charge is -2.01. The van der Waals surface area contributed by atoms with Gasteiger partial charge in [0.2, 0.25) is 0 Å². The Morgan fingerprint density at radius 2 is 2.17 bits per heavy atom. The molecule has 2 aromatic heterocycles. The number of hydrogen-bond acceptors (Lipinski definition) is 3. The summed E-state index contributed by atoms with van der Waals surface area (Å²) in [6.07, 6.45) is 0. The zero-order valence-corrected chi connectivity index (χ0v) is 11.7. The van der Waals surface area contributed by atoms with Crippen molar-refractivity contribution in [3.63, 3.8) is 0 Å². The number of thiophene rings is 1. The highest BCUT2D eigenvalue weighted by Crippen LogP contribution is 2.24. The third-order valence-electron chi connectivity index (χ3n) is 2.21. The van der Waals surface area contributed by atoms with E-state index >= 15 is 0 Å². The molecule has 0 atom stereocenters. The fourth-order valence-corrected chi connectivity index (χ4v) is 2.76. The number of rotatable bonds is 3. The Bertz CT molecular complexity index is 618. The van der Waals surface area contributed by atoms with Crippen LogP contribution in [-0.4, -0.2) is 22.0 Å². The summed E-state index contributed by atoms with van der Waals surface area (Å²) in [7, 11) is 0. The van der Waals surface area contributed by atoms with E-state index in [1.54, 1.807) is 25.1 Å². The van der Waals surface area contributed by atoms with Crippen molar-refractivity contribution in [3.05, 3.63) is 38.3 Å². The quantitative estimate of drug-likeness (QED) is 0.809. The van der Waals surface area contributed by atoms with Crippen molar-refractivity contribution in [2.24, 2.45) is 0 Å². The molecule has 2 aromatic rings. The van der Waals surface area contributed by atoms with Crippen LogP contribution in [0.1, 0.15) is 25.9 Å². The molecule has 3 N–H and O–H groups in total. The number of carboxylic acids is 1. The van der Waals surface area contributed by atoms with Gasteiger partial charge in [-0.25, -0.2) is 4.79 Å². The monoisotopic (exact) mass is 328 g/mol. The second-order valence-electron chi connectivity index (χ2n) is 3.60. The van der Waals surface area contributed by atoms with Crippen LogP contribution in [0.5, 0.6) is 0 Å². The molecule has 94 valence electrons. The third kappa shape index (κ3) is 2.62. The fourth-order valence-electron chi connectivity index (χ4n) is 1.48. The smallest absolute Gasteiger partial charge is 0.354 e. The molecular weight excluding hydrogens is 320 g/mol. The van der Waals surface area contributed by atoms with E-state index in [4.69, 9.17) is 5.11 Å². The van der Waals surface area contributed by atoms with Gasteiger partial charge in [0.25, 0.3) is 5.91 Å². The average molecular weight is 329 g/mol. The molecule has 2 rings (SSSR count). The van der Waals surface area contributed by atoms with Gasteiger partial charge in [-0.15, -0.1) is 11.3 Å². The standard InChI is InChI=1S/C11H9BrN2O3S/c1-5-4-6(9(13-5)11(16)17)14-10(15)7-2-3-8(12)18-7/h2-4,13H,1H3,(H,14,15)(H,16,17). The molecule has 0 fully saturated rings. The second-order valence-corrected chi connectivity index (χ2v) is 6.07. The van der Waals surface area contributed by atoms with Crippen LogP contribution in [0.25, 0.3) is 0 Å². The van der Waals surface area contributed by atoms with E-state index in [9.17, 15) is 9.59 Å². The number of nitrogens with one attached hydrogen (secondary N) is 2. The SMILES string of the molecule is Cc1cc(NC(=O)c2ccc(Br)s2)c(C(=O)O)[nH]1. The van der Waals surface area contributed by atoms with E-state index in [0.717, 1.165) is 3.79 Å². The maximum absolute atomic E-state index is 11.9. The van der Waals surface area contributed by atoms with E-state index < -0.39 is 5.97 Å². The number of carboxylic acid groups (broad SMARTS) is 1. The summed E-state index contributed by atoms with van der Waals surface area (Å²) in [6, 6.07) is 5.02. The molecular formula is C11H9BrN2O3S. The van der Waals surface area contributed by atoms with Crippen LogP contribution < -0.4 is 5.32 Å². The van der Waals surface area contributed by atoms with Gasteiger partial charge in [-0.2, -0.15) is 0 Å². The highest BCUT2D eigenvalue weighted by atomic mass is 79.9. The Morgan fingerprint density at radius 1 is 1.44 bits per heavy atom. The number of aromatic carboxylic acids is 1. The molecule has 0 aliphatic rings. The summed E-state index contributed by atoms with van der Waals surface area (Å²) in [5.41, 5.74) is 0.932. The van der Waals surface area contributed by atoms with Crippen molar-refractivity contribution >= 4 is 44.8 Å². The molecule has 2 heterocycles. The van der Waals surface area contributed by atoms with Crippen LogP contribution in [0.15, 0.2) is 22.0 Å². The maximum atomic E-state index is 11.9. The van der Waals surface area contributed by atoms with Gasteiger partial charge >= 0.3 is 5.97 Å². The minimum Gasteiger partial charge on any atom is -0.477 e. The lowest BCUT2D eigenvalue weighted by molar-refractivity contribution is 0.0692. The predicted octanol–water partition coefficient (Wildman–Crippen LogP) is 3.10. The number of amides is 1. The van der Waals surface area contributed by atoms with Gasteiger partial charge in [-0.05, 0) is 41.1 Å². The van der Waals surface area contributed by atoms with Crippen LogP contribution in [0.4, 0.5) is 5.69 Å². The maximum Gasteiger partial charge on any atom is 0.354 e. The number of aromatic amines is 1. The van der Waals surface area contributed by atoms with Crippen molar-refractivity contribution < 1.29 is 14.7 Å². The molecule has 5 nitrogen and oxygen atoms in total. The minimum absolute atomic E-state index is 0.0172. The Balaban J connectivity index is 2.24. The number of carbonyl (C=O) groups is 2. The van der Waals surface area contributed by atoms with Gasteiger partial charge < -0.3 is 15.4 Å². The number of anilines is 1. The molecule has 0 spiro atoms. The normalized spacial score (nSPS) is 10.3. The van der Waals surface area contributed by atoms with Crippen molar-refractivity contribution in [2.75, 3.05) is 5.32 Å². The Hall–Kier alpha value is -1.60. The number of carbonyl (C=O) groups excluding carboxylic acids is 1. The Kier molecular flexibility index (Phi) is 3.53. The van der Waals surface area contributed by atoms with Crippen molar-refractivity contribution in [2.45, 2.75) is 6.92 Å². The Labute approximate surface area is 115 Å². The zero-order chi connectivity index (χ0) is 13.3. The van der Waals surface area contributed by atoms with Gasteiger partial charge in [-0.1, -0.05) is 0 Å². The summed E-state index contributed by atoms with van der Waals surface area (Å²) in [5.74, 6) is -1.43. The van der Waals surface area contributed by atoms with Crippen LogP contribution in [0.2, 0.25) is 0 Å². The first-order valence-electron chi connectivity index (χ1n) is 4.97. The summed E-state index contributed by atoms with van der Waals surface area (Å²) >= 11 is 4.55. The lowest BCUT2D eigenvalue weighted by Crippen LogP contribution is -2.12. The second kappa shape index (κ2) is 4.95. The van der Waals surface area contributed by atoms with E-state index in [2.05, 4.69) is 26.2 Å². The molecule has 0 radical (unpaired) electrons. The van der Waals surface area contributed by atoms with Crippen LogP contribution in [0.3, 0.4) is 0 Å². The summed E-state index contributed by atoms with van der Waals surface area (Å²) in [4.78, 5) is 26.1. The summed E-state index contributed by atoms with van der Waals surface area (Å²) in [6.45, 7) is 1.73. The largest absolute Gasteiger partial charge is 0.477 e. The van der Waals surface area contributed by atoms with Crippen LogP contribution >= 0.6 is 27.3 Å². The third-order valence-corrected chi connectivity index (χ3v) is 3.83. The van der Waals surface area contributed by atoms with Gasteiger partial charge in [-0.3, -0.25) is 4.79 Å². The van der Waals surface area contributed by atoms with Crippen LogP contribution in [0, 0.1) is 6.92 Å². The first-order valence-corrected chi connectivity index (χ1v) is 6.58. The van der Waals surface area contributed by atoms with Gasteiger partial charge in [0.1, 0.15) is 5.69 Å². The average Bonchev–Trinajstić information content (AvgIpc) is 2.85. The van der Waals surface area contributed by atoms with Gasteiger partial charge in [0.15, 0.2) is 0 Å². The molecule has 0 saturated heterocycles.